The van der Waals surface area contributed by atoms with Crippen LogP contribution in [0.2, 0.25) is 0 Å². The third kappa shape index (κ3) is 23.9. The van der Waals surface area contributed by atoms with Crippen LogP contribution in [0.3, 0.4) is 0 Å². The zero-order chi connectivity index (χ0) is 70.3. The Morgan fingerprint density at radius 2 is 1.06 bits per heavy atom. The van der Waals surface area contributed by atoms with Crippen molar-refractivity contribution in [1.29, 1.82) is 0 Å². The molecule has 556 valence electrons. The molecule has 0 saturated heterocycles. The SMILES string of the molecule is C=C(CCCSSCC(=O)[O-])NCCNC(=O)OC1CCC2(C)C(=CCC3C2CCC2(C)C(C(C)CCCC(C)C)CCC32)C1.C=C(CCCSSc1ccccn1)NCCNC(=O)OC1CCC2(C)C(=CCC3C2CCC2(C)C(C(C)CCCC(C)C)CCC32)C1.O=C(O)CS.[Cl-]. The van der Waals surface area contributed by atoms with Gasteiger partial charge in [0, 0.05) is 73.9 Å². The number of carbonyl (C=O) groups excluding carboxylic acids is 3. The van der Waals surface area contributed by atoms with Crippen LogP contribution in [-0.4, -0.2) is 95.6 Å². The van der Waals surface area contributed by atoms with Crippen molar-refractivity contribution in [3.8, 4) is 0 Å². The number of carbonyl (C=O) groups is 4. The maximum Gasteiger partial charge on any atom is 0.407 e. The molecule has 6 fully saturated rings. The van der Waals surface area contributed by atoms with E-state index in [1.165, 1.54) is 114 Å². The van der Waals surface area contributed by atoms with E-state index in [0.717, 1.165) is 163 Å². The second kappa shape index (κ2) is 41.1. The third-order valence-electron chi connectivity index (χ3n) is 25.2. The van der Waals surface area contributed by atoms with E-state index in [1.807, 2.05) is 35.2 Å². The number of amides is 2. The van der Waals surface area contributed by atoms with E-state index in [4.69, 9.17) is 14.6 Å². The first-order chi connectivity index (χ1) is 46.3. The van der Waals surface area contributed by atoms with Gasteiger partial charge in [0.15, 0.2) is 0 Å². The van der Waals surface area contributed by atoms with Crippen LogP contribution in [0.15, 0.2) is 77.3 Å². The number of thiol groups is 1. The van der Waals surface area contributed by atoms with Crippen molar-refractivity contribution in [1.82, 2.24) is 26.3 Å². The molecule has 1 aromatic rings. The molecule has 1 aromatic heterocycles. The van der Waals surface area contributed by atoms with E-state index in [2.05, 4.69) is 133 Å². The van der Waals surface area contributed by atoms with Crippen molar-refractivity contribution in [2.45, 2.75) is 253 Å². The molecule has 19 heteroatoms. The van der Waals surface area contributed by atoms with Gasteiger partial charge in [-0.15, -0.1) is 0 Å². The molecule has 5 N–H and O–H groups in total. The first-order valence-electron chi connectivity index (χ1n) is 37.9. The number of alkyl carbamates (subject to hydrolysis) is 2. The second-order valence-electron chi connectivity index (χ2n) is 32.3. The molecule has 16 unspecified atom stereocenters. The number of pyridine rings is 1. The molecule has 1 heterocycles. The van der Waals surface area contributed by atoms with E-state index in [9.17, 15) is 24.3 Å². The Kier molecular flexibility index (Phi) is 35.3. The Morgan fingerprint density at radius 3 is 1.48 bits per heavy atom. The monoisotopic (exact) mass is 1470 g/mol. The fraction of sp³-hybridized carbons (Fsp3) is 0.785. The van der Waals surface area contributed by atoms with E-state index in [-0.39, 0.29) is 59.1 Å². The van der Waals surface area contributed by atoms with Gasteiger partial charge in [0.2, 0.25) is 0 Å². The van der Waals surface area contributed by atoms with Crippen molar-refractivity contribution in [3.63, 3.8) is 0 Å². The van der Waals surface area contributed by atoms with Crippen LogP contribution in [0.4, 0.5) is 9.59 Å². The minimum Gasteiger partial charge on any atom is -1.00 e. The quantitative estimate of drug-likeness (QED) is 0.0165. The highest BCUT2D eigenvalue weighted by Gasteiger charge is 2.61. The normalized spacial score (nSPS) is 30.9. The number of nitrogens with one attached hydrogen (secondary N) is 4. The van der Waals surface area contributed by atoms with Gasteiger partial charge in [-0.3, -0.25) is 4.79 Å². The Morgan fingerprint density at radius 1 is 0.612 bits per heavy atom. The summed E-state index contributed by atoms with van der Waals surface area (Å²) in [6.45, 7) is 35.5. The minimum absolute atomic E-state index is 0. The molecular formula is C79H128ClN5O8S5-2. The first kappa shape index (κ1) is 84.2. The van der Waals surface area contributed by atoms with Crippen LogP contribution in [0.25, 0.3) is 0 Å². The van der Waals surface area contributed by atoms with E-state index >= 15 is 0 Å². The van der Waals surface area contributed by atoms with E-state index < -0.39 is 11.9 Å². The summed E-state index contributed by atoms with van der Waals surface area (Å²) in [7, 11) is 6.39. The van der Waals surface area contributed by atoms with Crippen LogP contribution in [0.5, 0.6) is 0 Å². The van der Waals surface area contributed by atoms with Gasteiger partial charge in [0.05, 0.1) is 11.7 Å². The van der Waals surface area contributed by atoms with Gasteiger partial charge in [0.25, 0.3) is 0 Å². The average molecular weight is 1470 g/mol. The molecule has 2 amide bonds. The average Bonchev–Trinajstić information content (AvgIpc) is 1.32. The first-order valence-corrected chi connectivity index (χ1v) is 43.3. The predicted molar refractivity (Wildman–Crippen MR) is 409 cm³/mol. The number of nitrogens with zero attached hydrogens (tertiary/aromatic N) is 1. The number of carboxylic acid groups (broad SMARTS) is 2. The van der Waals surface area contributed by atoms with Crippen molar-refractivity contribution in [2.24, 2.45) is 92.7 Å². The maximum atomic E-state index is 12.7. The smallest absolute Gasteiger partial charge is 0.407 e. The molecule has 0 bridgehead atoms. The van der Waals surface area contributed by atoms with Gasteiger partial charge in [-0.1, -0.05) is 183 Å². The van der Waals surface area contributed by atoms with Crippen molar-refractivity contribution in [3.05, 3.63) is 72.2 Å². The molecule has 8 aliphatic carbocycles. The molecule has 9 rings (SSSR count). The number of fused-ring (bicyclic) bond motifs is 10. The fourth-order valence-electron chi connectivity index (χ4n) is 20.2. The lowest BCUT2D eigenvalue weighted by Gasteiger charge is -2.58. The number of halogens is 1. The summed E-state index contributed by atoms with van der Waals surface area (Å²) in [6, 6.07) is 5.99. The lowest BCUT2D eigenvalue weighted by Crippen LogP contribution is -3.00. The number of rotatable bonds is 34. The lowest BCUT2D eigenvalue weighted by molar-refractivity contribution is -0.301. The number of hydrogen-bond acceptors (Lipinski definition) is 15. The highest BCUT2D eigenvalue weighted by Crippen LogP contribution is 2.69. The number of ether oxygens (including phenoxy) is 2. The van der Waals surface area contributed by atoms with Gasteiger partial charge in [-0.2, -0.15) is 12.6 Å². The Hall–Kier alpha value is -2.77. The zero-order valence-corrected chi connectivity index (χ0v) is 66.6. The topological polar surface area (TPSA) is 191 Å². The molecule has 13 nitrogen and oxygen atoms in total. The van der Waals surface area contributed by atoms with Crippen molar-refractivity contribution in [2.75, 3.05) is 49.2 Å². The van der Waals surface area contributed by atoms with Crippen molar-refractivity contribution >= 4 is 79.9 Å². The Balaban J connectivity index is 0.000000287. The molecule has 0 spiro atoms. The summed E-state index contributed by atoms with van der Waals surface area (Å²) in [4.78, 5) is 49.4. The molecule has 8 aliphatic rings. The van der Waals surface area contributed by atoms with Crippen LogP contribution in [0.1, 0.15) is 236 Å². The maximum absolute atomic E-state index is 12.7. The minimum atomic E-state index is -1.03. The predicted octanol–water partition coefficient (Wildman–Crippen LogP) is 16.0. The van der Waals surface area contributed by atoms with Crippen LogP contribution < -0.4 is 38.8 Å². The van der Waals surface area contributed by atoms with E-state index in [0.29, 0.717) is 37.0 Å². The third-order valence-corrected chi connectivity index (χ3v) is 30.1. The summed E-state index contributed by atoms with van der Waals surface area (Å²) in [6.07, 6.45) is 38.2. The molecule has 0 radical (unpaired) electrons. The van der Waals surface area contributed by atoms with Crippen LogP contribution >= 0.6 is 55.8 Å². The van der Waals surface area contributed by atoms with Gasteiger partial charge >= 0.3 is 18.2 Å². The summed E-state index contributed by atoms with van der Waals surface area (Å²) in [5.74, 6) is 10.0. The molecule has 98 heavy (non-hydrogen) atoms. The summed E-state index contributed by atoms with van der Waals surface area (Å²) >= 11 is 3.42. The highest BCUT2D eigenvalue weighted by molar-refractivity contribution is 8.77. The van der Waals surface area contributed by atoms with Gasteiger partial charge in [-0.05, 0) is 231 Å². The second-order valence-corrected chi connectivity index (χ2v) is 37.7. The molecule has 0 aromatic carbocycles. The van der Waals surface area contributed by atoms with Gasteiger partial charge < -0.3 is 58.2 Å². The summed E-state index contributed by atoms with van der Waals surface area (Å²) in [5, 5.41) is 31.6. The molecule has 16 atom stereocenters. The Labute approximate surface area is 620 Å². The van der Waals surface area contributed by atoms with Gasteiger partial charge in [-0.25, -0.2) is 14.6 Å². The number of aliphatic carboxylic acids is 2. The number of hydrogen-bond donors (Lipinski definition) is 6. The number of carboxylic acids is 2. The van der Waals surface area contributed by atoms with Gasteiger partial charge in [0.1, 0.15) is 17.2 Å². The Bertz CT molecular complexity index is 2740. The standard InChI is InChI=1S/C40H63N3O2S2.C37H62N2O4S2.C2H4O2S.ClH/c1-28(2)11-9-12-29(3)34-17-18-35-33-16-15-31-27-32(19-21-39(31,5)36(33)20-22-40(34,35)6)45-38(44)43-25-24-41-30(4)13-10-26-46-47-37-14-7-8-23-42-37;1-25(2)9-7-10-26(3)31-14-15-32-30-13-12-28-23-29(16-18-36(28,5)33(30)17-19-37(31,32)6)43-35(42)39-21-20-38-27(4)11-8-22-44-45-24-34(40)41;3-2(4)1-5;/h7-8,14-15,23,28-29,32-36,41H,4,9-13,16-22,24-27H2,1-3,5-6H3,(H,43,44);12,25-26,29-33,38H,4,7-11,13-24H2,1-3,5-6H3,(H,39,42)(H,40,41);5H,1H2,(H,3,4);1H/p-2. The molecule has 0 aliphatic heterocycles. The van der Waals surface area contributed by atoms with Crippen LogP contribution in [-0.2, 0) is 19.1 Å². The van der Waals surface area contributed by atoms with Crippen molar-refractivity contribution < 1.29 is 51.3 Å². The number of aromatic nitrogens is 1. The fourth-order valence-corrected chi connectivity index (χ4v) is 24.0. The molecule has 6 saturated carbocycles. The molecular weight excluding hydrogens is 1340 g/mol. The lowest BCUT2D eigenvalue weighted by atomic mass is 9.47. The summed E-state index contributed by atoms with van der Waals surface area (Å²) < 4.78 is 11.9. The van der Waals surface area contributed by atoms with E-state index in [1.54, 1.807) is 32.7 Å². The number of allylic oxidation sites excluding steroid dienone is 4. The summed E-state index contributed by atoms with van der Waals surface area (Å²) in [5.41, 5.74) is 6.66. The highest BCUT2D eigenvalue weighted by atomic mass is 35.5. The zero-order valence-electron chi connectivity index (χ0n) is 61.7. The largest absolute Gasteiger partial charge is 1.00 e. The van der Waals surface area contributed by atoms with Crippen LogP contribution in [0, 0.1) is 92.7 Å².